The van der Waals surface area contributed by atoms with Crippen molar-refractivity contribution in [1.29, 1.82) is 0 Å². The van der Waals surface area contributed by atoms with E-state index in [1.54, 1.807) is 14.2 Å². The van der Waals surface area contributed by atoms with Crippen LogP contribution in [0, 0.1) is 17.8 Å². The molecule has 1 aliphatic heterocycles. The lowest BCUT2D eigenvalue weighted by Crippen LogP contribution is -2.54. The third-order valence-corrected chi connectivity index (χ3v) is 7.68. The van der Waals surface area contributed by atoms with Gasteiger partial charge < -0.3 is 35.3 Å². The van der Waals surface area contributed by atoms with Gasteiger partial charge in [-0.25, -0.2) is 0 Å². The number of hydrogen-bond acceptors (Lipinski definition) is 7. The van der Waals surface area contributed by atoms with Crippen molar-refractivity contribution in [2.75, 3.05) is 47.1 Å². The van der Waals surface area contributed by atoms with E-state index in [9.17, 15) is 9.90 Å². The fraction of sp³-hybridized carbons (Fsp3) is 0.767. The Labute approximate surface area is 230 Å². The Morgan fingerprint density at radius 3 is 2.37 bits per heavy atom. The van der Waals surface area contributed by atoms with Crippen LogP contribution in [0.15, 0.2) is 18.2 Å². The van der Waals surface area contributed by atoms with E-state index in [-0.39, 0.29) is 23.8 Å². The lowest BCUT2D eigenvalue weighted by Gasteiger charge is -2.35. The molecule has 1 unspecified atom stereocenters. The number of aliphatic hydroxyl groups is 1. The summed E-state index contributed by atoms with van der Waals surface area (Å²) in [6.45, 7) is 12.0. The summed E-state index contributed by atoms with van der Waals surface area (Å²) in [6, 6.07) is 5.10. The number of piperidine rings is 1. The predicted octanol–water partition coefficient (Wildman–Crippen LogP) is 3.63. The molecule has 0 spiro atoms. The average molecular weight is 536 g/mol. The van der Waals surface area contributed by atoms with Crippen molar-refractivity contribution in [3.63, 3.8) is 0 Å². The van der Waals surface area contributed by atoms with Crippen LogP contribution in [0.5, 0.6) is 11.5 Å². The van der Waals surface area contributed by atoms with Crippen molar-refractivity contribution in [3.05, 3.63) is 23.8 Å². The predicted molar refractivity (Wildman–Crippen MR) is 153 cm³/mol. The molecule has 0 saturated carbocycles. The highest BCUT2D eigenvalue weighted by molar-refractivity contribution is 5.82. The first-order chi connectivity index (χ1) is 18.2. The van der Waals surface area contributed by atoms with Crippen molar-refractivity contribution in [1.82, 2.24) is 10.2 Å². The highest BCUT2D eigenvalue weighted by Gasteiger charge is 2.30. The van der Waals surface area contributed by atoms with Gasteiger partial charge in [-0.15, -0.1) is 0 Å². The maximum atomic E-state index is 13.0. The molecule has 218 valence electrons. The maximum Gasteiger partial charge on any atom is 0.237 e. The Morgan fingerprint density at radius 1 is 1.05 bits per heavy atom. The van der Waals surface area contributed by atoms with Gasteiger partial charge in [0.2, 0.25) is 5.91 Å². The number of carbonyl (C=O) groups is 1. The van der Waals surface area contributed by atoms with Crippen LogP contribution in [0.2, 0.25) is 0 Å². The van der Waals surface area contributed by atoms with Crippen molar-refractivity contribution in [2.24, 2.45) is 23.5 Å². The van der Waals surface area contributed by atoms with Crippen LogP contribution in [-0.4, -0.2) is 81.2 Å². The number of β-amino-alcohol motifs (C(OH)–C–C–N with tert-alkyl or cyclic N) is 1. The number of nitrogens with one attached hydrogen (secondary N) is 1. The molecular formula is C30H53N3O5. The minimum absolute atomic E-state index is 0.0254. The molecule has 0 radical (unpaired) electrons. The molecule has 4 N–H and O–H groups in total. The summed E-state index contributed by atoms with van der Waals surface area (Å²) < 4.78 is 16.6. The van der Waals surface area contributed by atoms with Crippen LogP contribution in [0.3, 0.4) is 0 Å². The molecule has 1 amide bonds. The van der Waals surface area contributed by atoms with Gasteiger partial charge >= 0.3 is 0 Å². The number of hydrogen-bond donors (Lipinski definition) is 3. The zero-order valence-corrected chi connectivity index (χ0v) is 24.6. The van der Waals surface area contributed by atoms with Gasteiger partial charge in [-0.2, -0.15) is 0 Å². The van der Waals surface area contributed by atoms with E-state index in [0.29, 0.717) is 37.8 Å². The molecule has 1 heterocycles. The van der Waals surface area contributed by atoms with Crippen molar-refractivity contribution >= 4 is 5.91 Å². The monoisotopic (exact) mass is 535 g/mol. The quantitative estimate of drug-likeness (QED) is 0.262. The van der Waals surface area contributed by atoms with Crippen molar-refractivity contribution in [3.8, 4) is 11.5 Å². The van der Waals surface area contributed by atoms with Crippen LogP contribution < -0.4 is 20.5 Å². The first-order valence-corrected chi connectivity index (χ1v) is 14.4. The first kappa shape index (κ1) is 32.3. The summed E-state index contributed by atoms with van der Waals surface area (Å²) in [5, 5.41) is 14.5. The zero-order valence-electron chi connectivity index (χ0n) is 24.6. The second kappa shape index (κ2) is 17.0. The second-order valence-electron chi connectivity index (χ2n) is 11.4. The number of aliphatic hydroxyl groups excluding tert-OH is 1. The molecule has 2 rings (SSSR count). The molecule has 0 aromatic heterocycles. The molecule has 0 bridgehead atoms. The molecule has 8 nitrogen and oxygen atoms in total. The molecule has 38 heavy (non-hydrogen) atoms. The summed E-state index contributed by atoms with van der Waals surface area (Å²) in [4.78, 5) is 15.3. The topological polar surface area (TPSA) is 106 Å². The minimum atomic E-state index is -0.659. The van der Waals surface area contributed by atoms with Gasteiger partial charge in [0.1, 0.15) is 0 Å². The Bertz CT molecular complexity index is 813. The highest BCUT2D eigenvalue weighted by atomic mass is 16.5. The molecular weight excluding hydrogens is 482 g/mol. The van der Waals surface area contributed by atoms with E-state index in [4.69, 9.17) is 19.9 Å². The van der Waals surface area contributed by atoms with E-state index in [1.807, 2.05) is 26.0 Å². The maximum absolute atomic E-state index is 13.0. The Hall–Kier alpha value is -1.87. The summed E-state index contributed by atoms with van der Waals surface area (Å²) in [7, 11) is 3.33. The number of benzene rings is 1. The number of nitrogens with zero attached hydrogens (tertiary/aromatic N) is 1. The van der Waals surface area contributed by atoms with E-state index in [2.05, 4.69) is 30.1 Å². The van der Waals surface area contributed by atoms with Crippen LogP contribution >= 0.6 is 0 Å². The van der Waals surface area contributed by atoms with Gasteiger partial charge in [-0.1, -0.05) is 40.2 Å². The van der Waals surface area contributed by atoms with Crippen LogP contribution in [0.25, 0.3) is 0 Å². The third kappa shape index (κ3) is 10.7. The lowest BCUT2D eigenvalue weighted by atomic mass is 9.82. The molecule has 1 aromatic rings. The van der Waals surface area contributed by atoms with Crippen LogP contribution in [0.1, 0.15) is 65.4 Å². The standard InChI is InChI=1S/C30H53N3O5/c1-21(2)24(17-23-11-12-27(37-6)28(18-23)38-16-10-15-36-5)19-25(32-30(35)29(31)22(3)4)26(34)20-33-13-8-7-9-14-33/h11-12,18,21-22,24-26,29,34H,7-10,13-17,19-20,31H2,1-6H3,(H,32,35)/t24-,25-,26-,29?/m0/s1. The number of likely N-dealkylation sites (tertiary alicyclic amines) is 1. The van der Waals surface area contributed by atoms with E-state index >= 15 is 0 Å². The molecule has 1 fully saturated rings. The number of carbonyl (C=O) groups excluding carboxylic acids is 1. The Balaban J connectivity index is 2.18. The van der Waals surface area contributed by atoms with E-state index in [1.165, 1.54) is 6.42 Å². The average Bonchev–Trinajstić information content (AvgIpc) is 2.90. The summed E-state index contributed by atoms with van der Waals surface area (Å²) in [5.41, 5.74) is 7.31. The first-order valence-electron chi connectivity index (χ1n) is 14.4. The Kier molecular flexibility index (Phi) is 14.4. The summed E-state index contributed by atoms with van der Waals surface area (Å²) >= 11 is 0. The molecule has 1 saturated heterocycles. The molecule has 4 atom stereocenters. The molecule has 8 heteroatoms. The third-order valence-electron chi connectivity index (χ3n) is 7.68. The van der Waals surface area contributed by atoms with E-state index < -0.39 is 12.1 Å². The lowest BCUT2D eigenvalue weighted by molar-refractivity contribution is -0.125. The van der Waals surface area contributed by atoms with Gasteiger partial charge in [0.25, 0.3) is 0 Å². The fourth-order valence-electron chi connectivity index (χ4n) is 4.99. The SMILES string of the molecule is COCCCOc1cc(C[C@@H](C[C@H](NC(=O)C(N)C(C)C)[C@@H](O)CN2CCCCC2)C(C)C)ccc1OC. The number of ether oxygens (including phenoxy) is 3. The highest BCUT2D eigenvalue weighted by Crippen LogP contribution is 2.31. The second-order valence-corrected chi connectivity index (χ2v) is 11.4. The number of rotatable bonds is 17. The molecule has 1 aromatic carbocycles. The number of nitrogens with two attached hydrogens (primary N) is 1. The van der Waals surface area contributed by atoms with Crippen molar-refractivity contribution < 1.29 is 24.1 Å². The van der Waals surface area contributed by atoms with Gasteiger partial charge in [-0.3, -0.25) is 4.79 Å². The minimum Gasteiger partial charge on any atom is -0.493 e. The normalized spacial score (nSPS) is 17.7. The van der Waals surface area contributed by atoms with Gasteiger partial charge in [0.05, 0.1) is 31.9 Å². The Morgan fingerprint density at radius 2 is 1.76 bits per heavy atom. The van der Waals surface area contributed by atoms with Crippen LogP contribution in [0.4, 0.5) is 0 Å². The van der Waals surface area contributed by atoms with Gasteiger partial charge in [0.15, 0.2) is 11.5 Å². The van der Waals surface area contributed by atoms with Gasteiger partial charge in [-0.05, 0) is 74.2 Å². The molecule has 1 aliphatic rings. The summed E-state index contributed by atoms with van der Waals surface area (Å²) in [5.74, 6) is 1.85. The molecule has 0 aliphatic carbocycles. The summed E-state index contributed by atoms with van der Waals surface area (Å²) in [6.07, 6.45) is 5.16. The largest absolute Gasteiger partial charge is 0.493 e. The number of amides is 1. The van der Waals surface area contributed by atoms with E-state index in [0.717, 1.165) is 50.1 Å². The number of methoxy groups -OCH3 is 2. The smallest absolute Gasteiger partial charge is 0.237 e. The fourth-order valence-corrected chi connectivity index (χ4v) is 4.99. The zero-order chi connectivity index (χ0) is 28.1. The van der Waals surface area contributed by atoms with Crippen LogP contribution in [-0.2, 0) is 16.0 Å². The van der Waals surface area contributed by atoms with Crippen molar-refractivity contribution in [2.45, 2.75) is 84.4 Å². The van der Waals surface area contributed by atoms with Gasteiger partial charge in [0, 0.05) is 26.7 Å².